The highest BCUT2D eigenvalue weighted by Crippen LogP contribution is 2.28. The second kappa shape index (κ2) is 8.70. The van der Waals surface area contributed by atoms with E-state index in [1.807, 2.05) is 43.3 Å². The maximum Gasteiger partial charge on any atom is 0.257 e. The van der Waals surface area contributed by atoms with Gasteiger partial charge >= 0.3 is 0 Å². The minimum Gasteiger partial charge on any atom is -0.377 e. The van der Waals surface area contributed by atoms with Gasteiger partial charge in [-0.25, -0.2) is 0 Å². The monoisotopic (exact) mass is 373 g/mol. The normalized spacial score (nSPS) is 11.9. The third-order valence-electron chi connectivity index (χ3n) is 4.85. The highest BCUT2D eigenvalue weighted by Gasteiger charge is 2.14. The lowest BCUT2D eigenvalue weighted by molar-refractivity contribution is 0.102. The van der Waals surface area contributed by atoms with E-state index in [0.29, 0.717) is 11.5 Å². The van der Waals surface area contributed by atoms with Crippen LogP contribution >= 0.6 is 0 Å². The Hall–Kier alpha value is -3.14. The second-order valence-corrected chi connectivity index (χ2v) is 7.39. The first-order valence-electron chi connectivity index (χ1n) is 9.63. The van der Waals surface area contributed by atoms with Crippen LogP contribution in [0.2, 0.25) is 0 Å². The predicted molar refractivity (Wildman–Crippen MR) is 116 cm³/mol. The van der Waals surface area contributed by atoms with Crippen LogP contribution < -0.4 is 10.6 Å². The van der Waals surface area contributed by atoms with Crippen molar-refractivity contribution in [2.75, 3.05) is 10.6 Å². The number of carbonyl (C=O) groups excluding carboxylic acids is 1. The zero-order valence-corrected chi connectivity index (χ0v) is 16.9. The molecular weight excluding hydrogens is 346 g/mol. The van der Waals surface area contributed by atoms with E-state index in [0.717, 1.165) is 22.5 Å². The van der Waals surface area contributed by atoms with Gasteiger partial charge in [0.1, 0.15) is 0 Å². The molecule has 144 valence electrons. The number of benzene rings is 2. The van der Waals surface area contributed by atoms with Crippen LogP contribution in [0, 0.1) is 6.92 Å². The largest absolute Gasteiger partial charge is 0.377 e. The minimum absolute atomic E-state index is 0.116. The molecule has 0 saturated heterocycles. The summed E-state index contributed by atoms with van der Waals surface area (Å²) in [5, 5.41) is 6.50. The van der Waals surface area contributed by atoms with E-state index in [1.165, 1.54) is 5.56 Å². The summed E-state index contributed by atoms with van der Waals surface area (Å²) in [6.07, 6.45) is 3.34. The Bertz CT molecular complexity index is 951. The van der Waals surface area contributed by atoms with Crippen molar-refractivity contribution in [3.05, 3.63) is 89.2 Å². The van der Waals surface area contributed by atoms with E-state index in [2.05, 4.69) is 54.6 Å². The number of hydrogen-bond acceptors (Lipinski definition) is 3. The van der Waals surface area contributed by atoms with Crippen molar-refractivity contribution in [2.24, 2.45) is 0 Å². The molecule has 1 amide bonds. The third kappa shape index (κ3) is 4.58. The topological polar surface area (TPSA) is 54.0 Å². The van der Waals surface area contributed by atoms with Crippen molar-refractivity contribution in [1.29, 1.82) is 0 Å². The lowest BCUT2D eigenvalue weighted by atomic mass is 9.98. The molecule has 1 aromatic heterocycles. The first kappa shape index (κ1) is 19.6. The molecule has 0 spiro atoms. The van der Waals surface area contributed by atoms with Gasteiger partial charge in [0.05, 0.1) is 11.3 Å². The molecule has 0 fully saturated rings. The van der Waals surface area contributed by atoms with Gasteiger partial charge in [-0.05, 0) is 42.5 Å². The van der Waals surface area contributed by atoms with Gasteiger partial charge in [0.15, 0.2) is 0 Å². The molecule has 4 heteroatoms. The minimum atomic E-state index is -0.153. The number of rotatable bonds is 6. The zero-order valence-electron chi connectivity index (χ0n) is 16.9. The smallest absolute Gasteiger partial charge is 0.257 e. The number of para-hydroxylation sites is 1. The standard InChI is InChI=1S/C24H27N3O/c1-16(2)22-12-8-9-17(3)23(22)27-24(28)20-13-21(15-25-14-20)26-18(4)19-10-6-5-7-11-19/h5-16,18,26H,1-4H3,(H,27,28). The number of aryl methyl sites for hydroxylation is 1. The van der Waals surface area contributed by atoms with Gasteiger partial charge in [0, 0.05) is 24.1 Å². The maximum absolute atomic E-state index is 12.9. The first-order chi connectivity index (χ1) is 13.5. The summed E-state index contributed by atoms with van der Waals surface area (Å²) < 4.78 is 0. The average Bonchev–Trinajstić information content (AvgIpc) is 2.70. The average molecular weight is 374 g/mol. The molecule has 0 aliphatic carbocycles. The summed E-state index contributed by atoms with van der Waals surface area (Å²) in [6.45, 7) is 8.35. The number of amides is 1. The fourth-order valence-electron chi connectivity index (χ4n) is 3.25. The summed E-state index contributed by atoms with van der Waals surface area (Å²) >= 11 is 0. The number of nitrogens with one attached hydrogen (secondary N) is 2. The van der Waals surface area contributed by atoms with E-state index >= 15 is 0 Å². The highest BCUT2D eigenvalue weighted by molar-refractivity contribution is 6.05. The van der Waals surface area contributed by atoms with Crippen molar-refractivity contribution >= 4 is 17.3 Å². The van der Waals surface area contributed by atoms with Crippen molar-refractivity contribution in [1.82, 2.24) is 4.98 Å². The van der Waals surface area contributed by atoms with E-state index in [4.69, 9.17) is 0 Å². The quantitative estimate of drug-likeness (QED) is 0.562. The Morgan fingerprint density at radius 1 is 0.964 bits per heavy atom. The van der Waals surface area contributed by atoms with Gasteiger partial charge in [-0.15, -0.1) is 0 Å². The van der Waals surface area contributed by atoms with Gasteiger partial charge in [0.25, 0.3) is 5.91 Å². The maximum atomic E-state index is 12.9. The van der Waals surface area contributed by atoms with Crippen LogP contribution in [0.4, 0.5) is 11.4 Å². The molecule has 1 heterocycles. The van der Waals surface area contributed by atoms with Gasteiger partial charge in [-0.1, -0.05) is 62.4 Å². The van der Waals surface area contributed by atoms with Crippen LogP contribution in [0.25, 0.3) is 0 Å². The Morgan fingerprint density at radius 3 is 2.43 bits per heavy atom. The zero-order chi connectivity index (χ0) is 20.1. The third-order valence-corrected chi connectivity index (χ3v) is 4.85. The predicted octanol–water partition coefficient (Wildman–Crippen LogP) is 5.94. The molecule has 28 heavy (non-hydrogen) atoms. The number of pyridine rings is 1. The SMILES string of the molecule is Cc1cccc(C(C)C)c1NC(=O)c1cncc(NC(C)c2ccccc2)c1. The van der Waals surface area contributed by atoms with Crippen LogP contribution in [0.1, 0.15) is 59.8 Å². The number of nitrogens with zero attached hydrogens (tertiary/aromatic N) is 1. The molecule has 0 radical (unpaired) electrons. The van der Waals surface area contributed by atoms with Crippen LogP contribution in [-0.4, -0.2) is 10.9 Å². The number of carbonyl (C=O) groups is 1. The summed E-state index contributed by atoms with van der Waals surface area (Å²) in [5.41, 5.74) is 5.60. The molecule has 0 aliphatic heterocycles. The molecular formula is C24H27N3O. The van der Waals surface area contributed by atoms with Gasteiger partial charge in [-0.3, -0.25) is 9.78 Å². The van der Waals surface area contributed by atoms with E-state index in [9.17, 15) is 4.79 Å². The van der Waals surface area contributed by atoms with Crippen LogP contribution in [0.15, 0.2) is 67.0 Å². The Labute approximate surface area is 167 Å². The summed E-state index contributed by atoms with van der Waals surface area (Å²) in [6, 6.07) is 18.2. The van der Waals surface area contributed by atoms with Crippen LogP contribution in [0.5, 0.6) is 0 Å². The number of aromatic nitrogens is 1. The summed E-state index contributed by atoms with van der Waals surface area (Å²) in [4.78, 5) is 17.1. The van der Waals surface area contributed by atoms with Crippen LogP contribution in [0.3, 0.4) is 0 Å². The number of anilines is 2. The van der Waals surface area contributed by atoms with Gasteiger partial charge in [-0.2, -0.15) is 0 Å². The molecule has 1 atom stereocenters. The fraction of sp³-hybridized carbons (Fsp3) is 0.250. The molecule has 3 rings (SSSR count). The second-order valence-electron chi connectivity index (χ2n) is 7.39. The van der Waals surface area contributed by atoms with E-state index in [-0.39, 0.29) is 11.9 Å². The Morgan fingerprint density at radius 2 is 1.71 bits per heavy atom. The molecule has 3 aromatic rings. The van der Waals surface area contributed by atoms with Crippen molar-refractivity contribution in [3.8, 4) is 0 Å². The molecule has 1 unspecified atom stereocenters. The summed E-state index contributed by atoms with van der Waals surface area (Å²) in [7, 11) is 0. The molecule has 2 aromatic carbocycles. The first-order valence-corrected chi connectivity index (χ1v) is 9.63. The lowest BCUT2D eigenvalue weighted by Gasteiger charge is -2.18. The van der Waals surface area contributed by atoms with Crippen molar-refractivity contribution < 1.29 is 4.79 Å². The number of hydrogen-bond donors (Lipinski definition) is 2. The van der Waals surface area contributed by atoms with E-state index < -0.39 is 0 Å². The Balaban J connectivity index is 1.78. The summed E-state index contributed by atoms with van der Waals surface area (Å²) in [5.74, 6) is 0.174. The molecule has 0 bridgehead atoms. The molecule has 2 N–H and O–H groups in total. The van der Waals surface area contributed by atoms with Gasteiger partial charge in [0.2, 0.25) is 0 Å². The van der Waals surface area contributed by atoms with Crippen molar-refractivity contribution in [2.45, 2.75) is 39.7 Å². The lowest BCUT2D eigenvalue weighted by Crippen LogP contribution is -2.16. The van der Waals surface area contributed by atoms with Gasteiger partial charge < -0.3 is 10.6 Å². The highest BCUT2D eigenvalue weighted by atomic mass is 16.1. The van der Waals surface area contributed by atoms with Crippen molar-refractivity contribution in [3.63, 3.8) is 0 Å². The molecule has 0 aliphatic rings. The van der Waals surface area contributed by atoms with E-state index in [1.54, 1.807) is 12.4 Å². The molecule has 0 saturated carbocycles. The fourth-order valence-corrected chi connectivity index (χ4v) is 3.25. The molecule has 4 nitrogen and oxygen atoms in total. The van der Waals surface area contributed by atoms with Crippen LogP contribution in [-0.2, 0) is 0 Å². The Kier molecular flexibility index (Phi) is 6.09.